The van der Waals surface area contributed by atoms with Gasteiger partial charge in [-0.15, -0.1) is 0 Å². The highest BCUT2D eigenvalue weighted by atomic mass is 28.3. The minimum atomic E-state index is -1.70. The Morgan fingerprint density at radius 1 is 0.667 bits per heavy atom. The molecule has 3 aromatic rings. The first-order chi connectivity index (χ1) is 14.1. The van der Waals surface area contributed by atoms with E-state index in [1.54, 1.807) is 7.11 Å². The molecular weight excluding hydrogens is 396 g/mol. The first-order valence-electron chi connectivity index (χ1n) is 10.7. The van der Waals surface area contributed by atoms with E-state index in [2.05, 4.69) is 118 Å². The number of rotatable bonds is 6. The molecule has 0 atom stereocenters. The van der Waals surface area contributed by atoms with Crippen LogP contribution in [0.4, 0.5) is 0 Å². The third-order valence-corrected chi connectivity index (χ3v) is 9.50. The van der Waals surface area contributed by atoms with E-state index in [1.807, 2.05) is 0 Å². The van der Waals surface area contributed by atoms with Crippen LogP contribution in [-0.2, 0) is 0 Å². The summed E-state index contributed by atoms with van der Waals surface area (Å²) in [5, 5.41) is 2.96. The molecule has 0 fully saturated rings. The van der Waals surface area contributed by atoms with Crippen LogP contribution in [0.2, 0.25) is 39.3 Å². The fourth-order valence-corrected chi connectivity index (χ4v) is 7.74. The molecule has 0 spiro atoms. The van der Waals surface area contributed by atoms with E-state index in [0.717, 1.165) is 5.75 Å². The Hall–Kier alpha value is -2.37. The molecule has 0 unspecified atom stereocenters. The minimum Gasteiger partial charge on any atom is -0.497 e. The zero-order valence-electron chi connectivity index (χ0n) is 19.4. The molecule has 0 bridgehead atoms. The summed E-state index contributed by atoms with van der Waals surface area (Å²) in [5.41, 5.74) is 5.39. The SMILES string of the molecule is COc1ccc(/C(=C(/c2ccccc2)[Si](C)(C)C)c2ccccc2)c([Si](C)(C)C)c1. The zero-order chi connectivity index (χ0) is 21.9. The van der Waals surface area contributed by atoms with Gasteiger partial charge in [-0.3, -0.25) is 0 Å². The summed E-state index contributed by atoms with van der Waals surface area (Å²) in [6, 6.07) is 28.6. The molecule has 3 aromatic carbocycles. The third-order valence-electron chi connectivity index (χ3n) is 5.43. The van der Waals surface area contributed by atoms with Gasteiger partial charge >= 0.3 is 0 Å². The Morgan fingerprint density at radius 2 is 1.20 bits per heavy atom. The van der Waals surface area contributed by atoms with E-state index in [1.165, 1.54) is 32.6 Å². The Kier molecular flexibility index (Phi) is 6.54. The van der Waals surface area contributed by atoms with Crippen LogP contribution in [0.3, 0.4) is 0 Å². The van der Waals surface area contributed by atoms with Crippen molar-refractivity contribution >= 4 is 32.1 Å². The maximum atomic E-state index is 5.62. The molecule has 0 N–H and O–H groups in total. The summed E-state index contributed by atoms with van der Waals surface area (Å²) in [5.74, 6) is 0.942. The maximum absolute atomic E-state index is 5.62. The second kappa shape index (κ2) is 8.78. The van der Waals surface area contributed by atoms with Crippen LogP contribution in [0.5, 0.6) is 5.75 Å². The lowest BCUT2D eigenvalue weighted by Crippen LogP contribution is -2.40. The molecule has 30 heavy (non-hydrogen) atoms. The molecule has 3 rings (SSSR count). The Labute approximate surface area is 184 Å². The van der Waals surface area contributed by atoms with Crippen molar-refractivity contribution in [1.29, 1.82) is 0 Å². The smallest absolute Gasteiger partial charge is 0.118 e. The highest BCUT2D eigenvalue weighted by Crippen LogP contribution is 2.38. The highest BCUT2D eigenvalue weighted by molar-refractivity contribution is 6.95. The molecular formula is C27H34OSi2. The zero-order valence-corrected chi connectivity index (χ0v) is 21.4. The molecule has 0 saturated heterocycles. The topological polar surface area (TPSA) is 9.23 Å². The second-order valence-electron chi connectivity index (χ2n) is 9.89. The summed E-state index contributed by atoms with van der Waals surface area (Å²) >= 11 is 0. The van der Waals surface area contributed by atoms with Gasteiger partial charge in [0.1, 0.15) is 5.75 Å². The average Bonchev–Trinajstić information content (AvgIpc) is 2.71. The van der Waals surface area contributed by atoms with E-state index in [-0.39, 0.29) is 0 Å². The van der Waals surface area contributed by atoms with Crippen molar-refractivity contribution in [2.24, 2.45) is 0 Å². The lowest BCUT2D eigenvalue weighted by Gasteiger charge is -2.30. The van der Waals surface area contributed by atoms with E-state index in [9.17, 15) is 0 Å². The van der Waals surface area contributed by atoms with Gasteiger partial charge in [0.25, 0.3) is 0 Å². The summed E-state index contributed by atoms with van der Waals surface area (Å²) < 4.78 is 5.62. The van der Waals surface area contributed by atoms with Gasteiger partial charge in [-0.05, 0) is 44.8 Å². The highest BCUT2D eigenvalue weighted by Gasteiger charge is 2.30. The summed E-state index contributed by atoms with van der Waals surface area (Å²) in [7, 11) is -1.56. The lowest BCUT2D eigenvalue weighted by atomic mass is 9.95. The number of hydrogen-bond acceptors (Lipinski definition) is 1. The molecule has 0 aliphatic rings. The van der Waals surface area contributed by atoms with Crippen LogP contribution in [0.1, 0.15) is 16.7 Å². The summed E-state index contributed by atoms with van der Waals surface area (Å²) in [6.45, 7) is 14.6. The van der Waals surface area contributed by atoms with Crippen molar-refractivity contribution in [3.8, 4) is 5.75 Å². The third kappa shape index (κ3) is 4.85. The predicted octanol–water partition coefficient (Wildman–Crippen LogP) is 7.08. The molecule has 1 nitrogen and oxygen atoms in total. The van der Waals surface area contributed by atoms with E-state index >= 15 is 0 Å². The standard InChI is InChI=1S/C27H34OSi2/c1-28-23-18-19-24(25(20-23)29(2,3)4)26(21-14-10-8-11-15-21)27(30(5,6)7)22-16-12-9-13-17-22/h8-20H,1-7H3/b27-26-. The van der Waals surface area contributed by atoms with Gasteiger partial charge in [0.2, 0.25) is 0 Å². The molecule has 0 radical (unpaired) electrons. The van der Waals surface area contributed by atoms with Crippen molar-refractivity contribution in [3.05, 3.63) is 95.6 Å². The predicted molar refractivity (Wildman–Crippen MR) is 138 cm³/mol. The molecule has 3 heteroatoms. The first kappa shape index (κ1) is 22.3. The number of benzene rings is 3. The quantitative estimate of drug-likeness (QED) is 0.300. The molecule has 0 amide bonds. The van der Waals surface area contributed by atoms with Gasteiger partial charge in [-0.2, -0.15) is 0 Å². The fraction of sp³-hybridized carbons (Fsp3) is 0.259. The Morgan fingerprint density at radius 3 is 1.67 bits per heavy atom. The molecule has 0 saturated carbocycles. The van der Waals surface area contributed by atoms with Gasteiger partial charge in [-0.1, -0.05) is 106 Å². The van der Waals surface area contributed by atoms with E-state index in [0.29, 0.717) is 0 Å². The minimum absolute atomic E-state index is 0.942. The first-order valence-corrected chi connectivity index (χ1v) is 17.7. The van der Waals surface area contributed by atoms with Crippen molar-refractivity contribution < 1.29 is 4.74 Å². The van der Waals surface area contributed by atoms with Crippen LogP contribution < -0.4 is 9.92 Å². The fourth-order valence-electron chi connectivity index (χ4n) is 4.09. The van der Waals surface area contributed by atoms with Crippen molar-refractivity contribution in [3.63, 3.8) is 0 Å². The van der Waals surface area contributed by atoms with Crippen LogP contribution in [0.15, 0.2) is 78.9 Å². The van der Waals surface area contributed by atoms with E-state index in [4.69, 9.17) is 4.74 Å². The largest absolute Gasteiger partial charge is 0.497 e. The summed E-state index contributed by atoms with van der Waals surface area (Å²) in [4.78, 5) is 0. The summed E-state index contributed by atoms with van der Waals surface area (Å²) in [6.07, 6.45) is 0. The van der Waals surface area contributed by atoms with Gasteiger partial charge in [0, 0.05) is 0 Å². The second-order valence-corrected chi connectivity index (χ2v) is 19.9. The van der Waals surface area contributed by atoms with Crippen molar-refractivity contribution in [1.82, 2.24) is 0 Å². The normalized spacial score (nSPS) is 13.0. The monoisotopic (exact) mass is 430 g/mol. The number of ether oxygens (including phenoxy) is 1. The van der Waals surface area contributed by atoms with Gasteiger partial charge < -0.3 is 4.74 Å². The molecule has 0 heterocycles. The Balaban J connectivity index is 2.49. The number of hydrogen-bond donors (Lipinski definition) is 0. The van der Waals surface area contributed by atoms with Crippen LogP contribution >= 0.6 is 0 Å². The van der Waals surface area contributed by atoms with Crippen LogP contribution in [0, 0.1) is 0 Å². The molecule has 0 aliphatic carbocycles. The van der Waals surface area contributed by atoms with E-state index < -0.39 is 16.1 Å². The van der Waals surface area contributed by atoms with Gasteiger partial charge in [0.05, 0.1) is 23.3 Å². The Bertz CT molecular complexity index is 1020. The molecule has 0 aromatic heterocycles. The maximum Gasteiger partial charge on any atom is 0.118 e. The van der Waals surface area contributed by atoms with Crippen LogP contribution in [-0.4, -0.2) is 23.3 Å². The molecule has 0 aliphatic heterocycles. The lowest BCUT2D eigenvalue weighted by molar-refractivity contribution is 0.415. The van der Waals surface area contributed by atoms with Gasteiger partial charge in [-0.25, -0.2) is 0 Å². The average molecular weight is 431 g/mol. The van der Waals surface area contributed by atoms with Gasteiger partial charge in [0.15, 0.2) is 0 Å². The van der Waals surface area contributed by atoms with Crippen LogP contribution in [0.25, 0.3) is 10.8 Å². The number of methoxy groups -OCH3 is 1. The van der Waals surface area contributed by atoms with Crippen molar-refractivity contribution in [2.45, 2.75) is 39.3 Å². The molecule has 156 valence electrons. The van der Waals surface area contributed by atoms with Crippen molar-refractivity contribution in [2.75, 3.05) is 7.11 Å².